The minimum Gasteiger partial charge on any atom is -0.475 e. The van der Waals surface area contributed by atoms with Crippen LogP contribution in [0.3, 0.4) is 0 Å². The highest BCUT2D eigenvalue weighted by Gasteiger charge is 2.15. The third kappa shape index (κ3) is 1.79. The number of hydrogen-bond acceptors (Lipinski definition) is 2. The number of aliphatic imine (C=N–C) groups is 1. The van der Waals surface area contributed by atoms with Crippen molar-refractivity contribution in [1.82, 2.24) is 0 Å². The van der Waals surface area contributed by atoms with E-state index in [-0.39, 0.29) is 6.10 Å². The Morgan fingerprint density at radius 3 is 2.86 bits per heavy atom. The van der Waals surface area contributed by atoms with Crippen LogP contribution in [0.5, 0.6) is 0 Å². The summed E-state index contributed by atoms with van der Waals surface area (Å²) < 4.78 is 5.67. The number of hydrogen-bond donors (Lipinski definition) is 0. The van der Waals surface area contributed by atoms with Crippen molar-refractivity contribution in [3.8, 4) is 0 Å². The van der Waals surface area contributed by atoms with Crippen LogP contribution in [0.25, 0.3) is 0 Å². The van der Waals surface area contributed by atoms with Crippen LogP contribution in [0.4, 0.5) is 0 Å². The number of ether oxygens (including phenoxy) is 1. The maximum Gasteiger partial charge on any atom is 0.216 e. The zero-order valence-corrected chi connectivity index (χ0v) is 8.66. The fraction of sp³-hybridized carbons (Fsp3) is 0.417. The minimum absolute atomic E-state index is 0.194. The molecule has 0 radical (unpaired) electrons. The summed E-state index contributed by atoms with van der Waals surface area (Å²) in [5.41, 5.74) is 2.51. The lowest BCUT2D eigenvalue weighted by Gasteiger charge is -2.18. The molecule has 1 aliphatic rings. The van der Waals surface area contributed by atoms with Gasteiger partial charge in [0, 0.05) is 12.1 Å². The molecule has 0 unspecified atom stereocenters. The first-order valence-corrected chi connectivity index (χ1v) is 5.07. The van der Waals surface area contributed by atoms with Gasteiger partial charge in [-0.25, -0.2) is 0 Å². The van der Waals surface area contributed by atoms with Gasteiger partial charge in [-0.1, -0.05) is 18.2 Å². The standard InChI is InChI=1S/C12H15NO/c1-9(2)14-12-11-6-4-3-5-10(11)7-8-13-12/h3-6,9H,7-8H2,1-2H3. The van der Waals surface area contributed by atoms with Gasteiger partial charge in [0.05, 0.1) is 6.10 Å². The Kier molecular flexibility index (Phi) is 2.53. The molecule has 0 aromatic heterocycles. The van der Waals surface area contributed by atoms with Crippen molar-refractivity contribution in [2.45, 2.75) is 26.4 Å². The number of nitrogens with zero attached hydrogens (tertiary/aromatic N) is 1. The zero-order valence-electron chi connectivity index (χ0n) is 8.66. The second-order valence-corrected chi connectivity index (χ2v) is 3.76. The molecule has 2 nitrogen and oxygen atoms in total. The quantitative estimate of drug-likeness (QED) is 0.664. The highest BCUT2D eigenvalue weighted by atomic mass is 16.5. The Morgan fingerprint density at radius 2 is 2.07 bits per heavy atom. The minimum atomic E-state index is 0.194. The summed E-state index contributed by atoms with van der Waals surface area (Å²) in [6.45, 7) is 4.90. The Labute approximate surface area is 84.6 Å². The summed E-state index contributed by atoms with van der Waals surface area (Å²) in [5.74, 6) is 0.807. The summed E-state index contributed by atoms with van der Waals surface area (Å²) in [7, 11) is 0. The Bertz CT molecular complexity index is 355. The molecule has 0 N–H and O–H groups in total. The lowest BCUT2D eigenvalue weighted by Crippen LogP contribution is -2.19. The lowest BCUT2D eigenvalue weighted by atomic mass is 10.0. The summed E-state index contributed by atoms with van der Waals surface area (Å²) in [6, 6.07) is 8.32. The fourth-order valence-electron chi connectivity index (χ4n) is 1.63. The first kappa shape index (κ1) is 9.25. The van der Waals surface area contributed by atoms with Gasteiger partial charge in [-0.05, 0) is 31.9 Å². The molecule has 2 rings (SSSR count). The topological polar surface area (TPSA) is 21.6 Å². The molecule has 0 amide bonds. The van der Waals surface area contributed by atoms with Gasteiger partial charge in [0.1, 0.15) is 0 Å². The summed E-state index contributed by atoms with van der Waals surface area (Å²) in [4.78, 5) is 4.41. The van der Waals surface area contributed by atoms with Crippen molar-refractivity contribution in [3.05, 3.63) is 35.4 Å². The third-order valence-corrected chi connectivity index (χ3v) is 2.23. The summed E-state index contributed by atoms with van der Waals surface area (Å²) >= 11 is 0. The molecule has 1 aliphatic heterocycles. The Balaban J connectivity index is 2.31. The molecule has 1 heterocycles. The fourth-order valence-corrected chi connectivity index (χ4v) is 1.63. The largest absolute Gasteiger partial charge is 0.475 e. The van der Waals surface area contributed by atoms with Crippen LogP contribution < -0.4 is 0 Å². The van der Waals surface area contributed by atoms with Crippen LogP contribution >= 0.6 is 0 Å². The molecule has 0 bridgehead atoms. The van der Waals surface area contributed by atoms with Crippen molar-refractivity contribution in [1.29, 1.82) is 0 Å². The van der Waals surface area contributed by atoms with E-state index in [1.54, 1.807) is 0 Å². The maximum absolute atomic E-state index is 5.67. The lowest BCUT2D eigenvalue weighted by molar-refractivity contribution is 0.227. The molecular weight excluding hydrogens is 174 g/mol. The molecule has 0 saturated heterocycles. The van der Waals surface area contributed by atoms with Crippen molar-refractivity contribution in [2.75, 3.05) is 6.54 Å². The van der Waals surface area contributed by atoms with Gasteiger partial charge in [-0.3, -0.25) is 4.99 Å². The number of fused-ring (bicyclic) bond motifs is 1. The first-order valence-electron chi connectivity index (χ1n) is 5.07. The van der Waals surface area contributed by atoms with E-state index in [4.69, 9.17) is 4.74 Å². The predicted molar refractivity (Wildman–Crippen MR) is 57.8 cm³/mol. The van der Waals surface area contributed by atoms with Crippen molar-refractivity contribution < 1.29 is 4.74 Å². The SMILES string of the molecule is CC(C)OC1=NCCc2ccccc21. The van der Waals surface area contributed by atoms with Crippen LogP contribution in [0.2, 0.25) is 0 Å². The van der Waals surface area contributed by atoms with Gasteiger partial charge in [-0.2, -0.15) is 0 Å². The molecule has 0 atom stereocenters. The second-order valence-electron chi connectivity index (χ2n) is 3.76. The highest BCUT2D eigenvalue weighted by Crippen LogP contribution is 2.16. The number of rotatable bonds is 1. The molecule has 0 fully saturated rings. The van der Waals surface area contributed by atoms with Crippen LogP contribution in [0.1, 0.15) is 25.0 Å². The van der Waals surface area contributed by atoms with E-state index < -0.39 is 0 Å². The van der Waals surface area contributed by atoms with Crippen LogP contribution in [0, 0.1) is 0 Å². The molecule has 2 heteroatoms. The van der Waals surface area contributed by atoms with Crippen LogP contribution in [-0.2, 0) is 11.2 Å². The molecule has 1 aromatic rings. The van der Waals surface area contributed by atoms with Crippen LogP contribution in [-0.4, -0.2) is 18.5 Å². The van der Waals surface area contributed by atoms with E-state index in [1.807, 2.05) is 19.9 Å². The van der Waals surface area contributed by atoms with E-state index in [9.17, 15) is 0 Å². The second kappa shape index (κ2) is 3.82. The van der Waals surface area contributed by atoms with Crippen molar-refractivity contribution in [2.24, 2.45) is 4.99 Å². The predicted octanol–water partition coefficient (Wildman–Crippen LogP) is 2.41. The van der Waals surface area contributed by atoms with E-state index >= 15 is 0 Å². The molecule has 74 valence electrons. The van der Waals surface area contributed by atoms with E-state index in [1.165, 1.54) is 5.56 Å². The van der Waals surface area contributed by atoms with Gasteiger partial charge in [0.25, 0.3) is 0 Å². The smallest absolute Gasteiger partial charge is 0.216 e. The number of benzene rings is 1. The third-order valence-electron chi connectivity index (χ3n) is 2.23. The van der Waals surface area contributed by atoms with Crippen molar-refractivity contribution >= 4 is 5.90 Å². The highest BCUT2D eigenvalue weighted by molar-refractivity contribution is 5.96. The summed E-state index contributed by atoms with van der Waals surface area (Å²) in [5, 5.41) is 0. The molecule has 1 aromatic carbocycles. The average Bonchev–Trinajstić information content (AvgIpc) is 2.18. The maximum atomic E-state index is 5.67. The monoisotopic (exact) mass is 189 g/mol. The first-order chi connectivity index (χ1) is 6.77. The van der Waals surface area contributed by atoms with Crippen molar-refractivity contribution in [3.63, 3.8) is 0 Å². The molecule has 0 aliphatic carbocycles. The molecule has 0 saturated carbocycles. The van der Waals surface area contributed by atoms with E-state index in [2.05, 4.69) is 23.2 Å². The molecular formula is C12H15NO. The molecule has 0 spiro atoms. The van der Waals surface area contributed by atoms with E-state index in [0.717, 1.165) is 24.4 Å². The van der Waals surface area contributed by atoms with Crippen LogP contribution in [0.15, 0.2) is 29.3 Å². The Hall–Kier alpha value is -1.31. The average molecular weight is 189 g/mol. The zero-order chi connectivity index (χ0) is 9.97. The summed E-state index contributed by atoms with van der Waals surface area (Å²) in [6.07, 6.45) is 1.22. The van der Waals surface area contributed by atoms with Gasteiger partial charge in [0.15, 0.2) is 0 Å². The Morgan fingerprint density at radius 1 is 1.29 bits per heavy atom. The molecule has 14 heavy (non-hydrogen) atoms. The van der Waals surface area contributed by atoms with Gasteiger partial charge >= 0.3 is 0 Å². The van der Waals surface area contributed by atoms with E-state index in [0.29, 0.717) is 0 Å². The van der Waals surface area contributed by atoms with Gasteiger partial charge in [0.2, 0.25) is 5.90 Å². The van der Waals surface area contributed by atoms with Gasteiger partial charge in [-0.15, -0.1) is 0 Å². The van der Waals surface area contributed by atoms with Gasteiger partial charge < -0.3 is 4.74 Å². The normalized spacial score (nSPS) is 14.9.